The quantitative estimate of drug-likeness (QED) is 0.920. The van der Waals surface area contributed by atoms with Gasteiger partial charge in [-0.15, -0.1) is 0 Å². The number of para-hydroxylation sites is 1. The molecule has 2 aromatic rings. The zero-order chi connectivity index (χ0) is 17.2. The average molecular weight is 349 g/mol. The van der Waals surface area contributed by atoms with Crippen molar-refractivity contribution in [1.29, 1.82) is 0 Å². The fourth-order valence-corrected chi connectivity index (χ4v) is 3.83. The van der Waals surface area contributed by atoms with E-state index in [2.05, 4.69) is 4.72 Å². The number of carbonyl (C=O) groups excluding carboxylic acids is 1. The summed E-state index contributed by atoms with van der Waals surface area (Å²) in [7, 11) is -3.86. The Bertz CT molecular complexity index is 849. The Morgan fingerprint density at radius 1 is 1.17 bits per heavy atom. The monoisotopic (exact) mass is 349 g/mol. The van der Waals surface area contributed by atoms with E-state index in [1.807, 2.05) is 0 Å². The van der Waals surface area contributed by atoms with Gasteiger partial charge >= 0.3 is 0 Å². The molecule has 1 aliphatic rings. The van der Waals surface area contributed by atoms with Gasteiger partial charge in [-0.3, -0.25) is 9.52 Å². The van der Waals surface area contributed by atoms with Gasteiger partial charge in [-0.2, -0.15) is 0 Å². The molecule has 1 atom stereocenters. The molecular weight excluding hydrogens is 333 g/mol. The number of fused-ring (bicyclic) bond motifs is 1. The van der Waals surface area contributed by atoms with Crippen molar-refractivity contribution in [3.05, 3.63) is 65.5 Å². The highest BCUT2D eigenvalue weighted by molar-refractivity contribution is 7.89. The third kappa shape index (κ3) is 3.73. The summed E-state index contributed by atoms with van der Waals surface area (Å²) in [5, 5.41) is 0. The second-order valence-electron chi connectivity index (χ2n) is 5.58. The summed E-state index contributed by atoms with van der Waals surface area (Å²) in [6.07, 6.45) is 0.412. The second-order valence-corrected chi connectivity index (χ2v) is 7.30. The molecule has 0 saturated carbocycles. The van der Waals surface area contributed by atoms with E-state index >= 15 is 0 Å². The molecule has 24 heavy (non-hydrogen) atoms. The molecule has 1 aliphatic heterocycles. The van der Waals surface area contributed by atoms with E-state index in [1.54, 1.807) is 24.3 Å². The van der Waals surface area contributed by atoms with Crippen LogP contribution in [-0.2, 0) is 20.6 Å². The number of amides is 1. The number of hydrogen-bond donors (Lipinski definition) is 1. The van der Waals surface area contributed by atoms with Crippen LogP contribution in [0.25, 0.3) is 0 Å². The third-order valence-corrected chi connectivity index (χ3v) is 5.03. The molecule has 0 bridgehead atoms. The van der Waals surface area contributed by atoms with Gasteiger partial charge in [-0.05, 0) is 30.2 Å². The van der Waals surface area contributed by atoms with Gasteiger partial charge in [0.15, 0.2) is 0 Å². The van der Waals surface area contributed by atoms with Crippen LogP contribution >= 0.6 is 0 Å². The Balaban J connectivity index is 1.73. The van der Waals surface area contributed by atoms with E-state index in [0.29, 0.717) is 29.9 Å². The van der Waals surface area contributed by atoms with Crippen LogP contribution in [0.1, 0.15) is 23.5 Å². The van der Waals surface area contributed by atoms with Crippen molar-refractivity contribution < 1.29 is 22.3 Å². The second kappa shape index (κ2) is 6.60. The molecule has 0 unspecified atom stereocenters. The van der Waals surface area contributed by atoms with E-state index in [9.17, 15) is 17.6 Å². The number of ether oxygens (including phenoxy) is 1. The number of sulfonamides is 1. The summed E-state index contributed by atoms with van der Waals surface area (Å²) in [6, 6.07) is 12.2. The maximum absolute atomic E-state index is 12.9. The Morgan fingerprint density at radius 3 is 2.62 bits per heavy atom. The Kier molecular flexibility index (Phi) is 4.53. The fraction of sp³-hybridized carbons (Fsp3) is 0.235. The molecule has 0 fully saturated rings. The number of halogens is 1. The first-order chi connectivity index (χ1) is 11.4. The van der Waals surface area contributed by atoms with Crippen LogP contribution in [0.2, 0.25) is 0 Å². The summed E-state index contributed by atoms with van der Waals surface area (Å²) in [5.74, 6) is -1.38. The third-order valence-electron chi connectivity index (χ3n) is 3.80. The minimum absolute atomic E-state index is 0.354. The summed E-state index contributed by atoms with van der Waals surface area (Å²) >= 11 is 0. The highest BCUT2D eigenvalue weighted by Crippen LogP contribution is 2.33. The minimum Gasteiger partial charge on any atom is -0.493 e. The molecule has 5 nitrogen and oxygen atoms in total. The minimum atomic E-state index is -3.86. The van der Waals surface area contributed by atoms with Crippen molar-refractivity contribution >= 4 is 15.9 Å². The molecule has 1 N–H and O–H groups in total. The summed E-state index contributed by atoms with van der Waals surface area (Å²) < 4.78 is 44.9. The lowest BCUT2D eigenvalue weighted by atomic mass is 9.93. The van der Waals surface area contributed by atoms with E-state index in [0.717, 1.165) is 0 Å². The van der Waals surface area contributed by atoms with Crippen LogP contribution in [0.4, 0.5) is 4.39 Å². The van der Waals surface area contributed by atoms with E-state index in [4.69, 9.17) is 4.74 Å². The van der Waals surface area contributed by atoms with Gasteiger partial charge < -0.3 is 4.74 Å². The standard InChI is InChI=1S/C17H16FNO4S/c18-13-7-5-12(6-8-13)11-24(21,22)19-17(20)15-9-10-23-16-4-2-1-3-14(15)16/h1-8,15H,9-11H2,(H,19,20)/t15-/m1/s1. The maximum atomic E-state index is 12.9. The summed E-state index contributed by atoms with van der Waals surface area (Å²) in [4.78, 5) is 12.4. The van der Waals surface area contributed by atoms with Crippen LogP contribution in [0.3, 0.4) is 0 Å². The topological polar surface area (TPSA) is 72.5 Å². The number of hydrogen-bond acceptors (Lipinski definition) is 4. The average Bonchev–Trinajstić information content (AvgIpc) is 2.55. The predicted octanol–water partition coefficient (Wildman–Crippen LogP) is 2.34. The van der Waals surface area contributed by atoms with Gasteiger partial charge in [0, 0.05) is 5.56 Å². The van der Waals surface area contributed by atoms with Gasteiger partial charge in [0.1, 0.15) is 11.6 Å². The maximum Gasteiger partial charge on any atom is 0.241 e. The van der Waals surface area contributed by atoms with Crippen molar-refractivity contribution in [1.82, 2.24) is 4.72 Å². The van der Waals surface area contributed by atoms with Crippen molar-refractivity contribution in [2.45, 2.75) is 18.1 Å². The SMILES string of the molecule is O=C(NS(=O)(=O)Cc1ccc(F)cc1)[C@@H]1CCOc2ccccc21. The number of nitrogens with one attached hydrogen (secondary N) is 1. The van der Waals surface area contributed by atoms with Gasteiger partial charge in [-0.25, -0.2) is 12.8 Å². The number of benzene rings is 2. The normalized spacial score (nSPS) is 16.8. The lowest BCUT2D eigenvalue weighted by molar-refractivity contribution is -0.121. The molecule has 0 radical (unpaired) electrons. The molecule has 1 amide bonds. The molecule has 126 valence electrons. The van der Waals surface area contributed by atoms with Gasteiger partial charge in [0.05, 0.1) is 18.3 Å². The predicted molar refractivity (Wildman–Crippen MR) is 86.5 cm³/mol. The van der Waals surface area contributed by atoms with Crippen molar-refractivity contribution in [2.75, 3.05) is 6.61 Å². The summed E-state index contributed by atoms with van der Waals surface area (Å²) in [6.45, 7) is 0.354. The Labute approximate surface area is 139 Å². The molecule has 0 saturated heterocycles. The fourth-order valence-electron chi connectivity index (χ4n) is 2.67. The summed E-state index contributed by atoms with van der Waals surface area (Å²) in [5.41, 5.74) is 1.09. The van der Waals surface area contributed by atoms with E-state index in [1.165, 1.54) is 24.3 Å². The largest absolute Gasteiger partial charge is 0.493 e. The zero-order valence-corrected chi connectivity index (χ0v) is 13.6. The zero-order valence-electron chi connectivity index (χ0n) is 12.7. The first-order valence-corrected chi connectivity index (χ1v) is 9.10. The Morgan fingerprint density at radius 2 is 1.88 bits per heavy atom. The first kappa shape index (κ1) is 16.4. The molecule has 2 aromatic carbocycles. The lowest BCUT2D eigenvalue weighted by Crippen LogP contribution is -2.37. The van der Waals surface area contributed by atoms with E-state index < -0.39 is 27.7 Å². The molecule has 0 spiro atoms. The van der Waals surface area contributed by atoms with E-state index in [-0.39, 0.29) is 5.75 Å². The van der Waals surface area contributed by atoms with Crippen LogP contribution < -0.4 is 9.46 Å². The van der Waals surface area contributed by atoms with Crippen molar-refractivity contribution in [3.63, 3.8) is 0 Å². The molecular formula is C17H16FNO4S. The number of rotatable bonds is 4. The highest BCUT2D eigenvalue weighted by Gasteiger charge is 2.30. The van der Waals surface area contributed by atoms with Crippen LogP contribution in [0, 0.1) is 5.82 Å². The van der Waals surface area contributed by atoms with Crippen LogP contribution in [0.15, 0.2) is 48.5 Å². The first-order valence-electron chi connectivity index (χ1n) is 7.45. The number of carbonyl (C=O) groups is 1. The van der Waals surface area contributed by atoms with Gasteiger partial charge in [0.2, 0.25) is 15.9 Å². The van der Waals surface area contributed by atoms with Crippen LogP contribution in [-0.4, -0.2) is 20.9 Å². The van der Waals surface area contributed by atoms with Gasteiger partial charge in [0.25, 0.3) is 0 Å². The Hall–Kier alpha value is -2.41. The van der Waals surface area contributed by atoms with Crippen molar-refractivity contribution in [3.8, 4) is 5.75 Å². The molecule has 0 aliphatic carbocycles. The molecule has 0 aromatic heterocycles. The molecule has 3 rings (SSSR count). The van der Waals surface area contributed by atoms with Crippen LogP contribution in [0.5, 0.6) is 5.75 Å². The molecule has 1 heterocycles. The molecule has 7 heteroatoms. The highest BCUT2D eigenvalue weighted by atomic mass is 32.2. The van der Waals surface area contributed by atoms with Gasteiger partial charge in [-0.1, -0.05) is 30.3 Å². The smallest absolute Gasteiger partial charge is 0.241 e. The van der Waals surface area contributed by atoms with Crippen molar-refractivity contribution in [2.24, 2.45) is 0 Å². The lowest BCUT2D eigenvalue weighted by Gasteiger charge is -2.24.